The number of Topliss-reactive ketones (excluding diaryl/α,β-unsaturated/α-hetero) is 1. The van der Waals surface area contributed by atoms with Crippen LogP contribution in [0, 0.1) is 17.3 Å². The Labute approximate surface area is 176 Å². The topological polar surface area (TPSA) is 132 Å². The fraction of sp³-hybridized carbons (Fsp3) is 0.500. The van der Waals surface area contributed by atoms with E-state index in [1.807, 2.05) is 58.9 Å². The number of aliphatic hydroxyl groups excluding tert-OH is 1. The number of amides is 2. The summed E-state index contributed by atoms with van der Waals surface area (Å²) in [6.07, 6.45) is 0.0945. The largest absolute Gasteiger partial charge is 0.382 e. The SMILES string of the molecule is CC(C)C[C@@H](C(=O)N[C@@H](C(=O)c1c[nH]c2ccccc12)C(C)(C)C)[C@H](O)C(=O)NO. The van der Waals surface area contributed by atoms with Gasteiger partial charge in [0.1, 0.15) is 6.10 Å². The number of carbonyl (C=O) groups is 3. The molecule has 0 radical (unpaired) electrons. The Hall–Kier alpha value is -2.71. The summed E-state index contributed by atoms with van der Waals surface area (Å²) >= 11 is 0. The summed E-state index contributed by atoms with van der Waals surface area (Å²) in [5.41, 5.74) is 2.03. The minimum absolute atomic E-state index is 0.000650. The minimum Gasteiger partial charge on any atom is -0.382 e. The molecule has 164 valence electrons. The number of rotatable bonds is 8. The van der Waals surface area contributed by atoms with Gasteiger partial charge in [0.15, 0.2) is 5.78 Å². The molecule has 30 heavy (non-hydrogen) atoms. The number of hydroxylamine groups is 1. The average molecular weight is 418 g/mol. The summed E-state index contributed by atoms with van der Waals surface area (Å²) in [6.45, 7) is 9.20. The predicted octanol–water partition coefficient (Wildman–Crippen LogP) is 2.41. The second-order valence-corrected chi connectivity index (χ2v) is 9.08. The van der Waals surface area contributed by atoms with Crippen molar-refractivity contribution in [2.45, 2.75) is 53.2 Å². The number of nitrogens with one attached hydrogen (secondary N) is 3. The molecule has 1 aromatic carbocycles. The highest BCUT2D eigenvalue weighted by Gasteiger charge is 2.39. The lowest BCUT2D eigenvalue weighted by molar-refractivity contribution is -0.146. The Morgan fingerprint density at radius 1 is 1.10 bits per heavy atom. The third-order valence-corrected chi connectivity index (χ3v) is 5.09. The average Bonchev–Trinajstić information content (AvgIpc) is 3.11. The van der Waals surface area contributed by atoms with Crippen molar-refractivity contribution in [3.8, 4) is 0 Å². The third kappa shape index (κ3) is 5.25. The Bertz CT molecular complexity index is 913. The van der Waals surface area contributed by atoms with E-state index in [-0.39, 0.29) is 18.1 Å². The first-order valence-corrected chi connectivity index (χ1v) is 10.00. The standard InChI is InChI=1S/C22H31N3O5/c1-12(2)10-14(18(27)21(29)25-30)20(28)24-19(22(3,4)5)17(26)15-11-23-16-9-7-6-8-13(15)16/h6-9,11-12,14,18-19,23,27,30H,10H2,1-5H3,(H,24,28)(H,25,29)/t14-,18+,19+/m1/s1. The summed E-state index contributed by atoms with van der Waals surface area (Å²) in [4.78, 5) is 41.2. The van der Waals surface area contributed by atoms with E-state index in [1.54, 1.807) is 6.20 Å². The second-order valence-electron chi connectivity index (χ2n) is 9.08. The number of aliphatic hydroxyl groups is 1. The lowest BCUT2D eigenvalue weighted by Crippen LogP contribution is -2.54. The smallest absolute Gasteiger partial charge is 0.272 e. The first kappa shape index (κ1) is 23.6. The lowest BCUT2D eigenvalue weighted by atomic mass is 9.81. The van der Waals surface area contributed by atoms with Gasteiger partial charge in [-0.05, 0) is 23.8 Å². The number of benzene rings is 1. The fourth-order valence-corrected chi connectivity index (χ4v) is 3.49. The fourth-order valence-electron chi connectivity index (χ4n) is 3.49. The van der Waals surface area contributed by atoms with E-state index in [4.69, 9.17) is 5.21 Å². The van der Waals surface area contributed by atoms with E-state index in [1.165, 1.54) is 5.48 Å². The van der Waals surface area contributed by atoms with Crippen molar-refractivity contribution < 1.29 is 24.7 Å². The number of aromatic nitrogens is 1. The van der Waals surface area contributed by atoms with Gasteiger partial charge < -0.3 is 15.4 Å². The van der Waals surface area contributed by atoms with Crippen molar-refractivity contribution in [2.75, 3.05) is 0 Å². The van der Waals surface area contributed by atoms with Crippen LogP contribution in [0.3, 0.4) is 0 Å². The van der Waals surface area contributed by atoms with E-state index in [0.29, 0.717) is 5.56 Å². The molecule has 5 N–H and O–H groups in total. The second kappa shape index (κ2) is 9.40. The van der Waals surface area contributed by atoms with Gasteiger partial charge in [0.05, 0.1) is 12.0 Å². The van der Waals surface area contributed by atoms with Crippen LogP contribution in [0.5, 0.6) is 0 Å². The van der Waals surface area contributed by atoms with E-state index in [2.05, 4.69) is 10.3 Å². The first-order chi connectivity index (χ1) is 14.0. The van der Waals surface area contributed by atoms with Gasteiger partial charge >= 0.3 is 0 Å². The number of hydrogen-bond acceptors (Lipinski definition) is 5. The van der Waals surface area contributed by atoms with Gasteiger partial charge in [-0.2, -0.15) is 0 Å². The summed E-state index contributed by atoms with van der Waals surface area (Å²) < 4.78 is 0. The maximum atomic E-state index is 13.4. The molecule has 2 rings (SSSR count). The van der Waals surface area contributed by atoms with Crippen LogP contribution in [-0.2, 0) is 9.59 Å². The number of carbonyl (C=O) groups excluding carboxylic acids is 3. The van der Waals surface area contributed by atoms with Gasteiger partial charge in [-0.1, -0.05) is 52.8 Å². The molecular weight excluding hydrogens is 386 g/mol. The molecular formula is C22H31N3O5. The van der Waals surface area contributed by atoms with Crippen LogP contribution in [0.1, 0.15) is 51.4 Å². The van der Waals surface area contributed by atoms with Crippen LogP contribution < -0.4 is 10.8 Å². The summed E-state index contributed by atoms with van der Waals surface area (Å²) in [7, 11) is 0. The Balaban J connectivity index is 2.35. The maximum absolute atomic E-state index is 13.4. The van der Waals surface area contributed by atoms with Gasteiger partial charge in [0.2, 0.25) is 5.91 Å². The van der Waals surface area contributed by atoms with Crippen molar-refractivity contribution in [2.24, 2.45) is 17.3 Å². The summed E-state index contributed by atoms with van der Waals surface area (Å²) in [6, 6.07) is 6.50. The Kier molecular flexibility index (Phi) is 7.39. The summed E-state index contributed by atoms with van der Waals surface area (Å²) in [5, 5.41) is 22.6. The highest BCUT2D eigenvalue weighted by molar-refractivity contribution is 6.11. The van der Waals surface area contributed by atoms with Crippen molar-refractivity contribution in [1.29, 1.82) is 0 Å². The highest BCUT2D eigenvalue weighted by atomic mass is 16.5. The third-order valence-electron chi connectivity index (χ3n) is 5.09. The number of aromatic amines is 1. The van der Waals surface area contributed by atoms with Crippen LogP contribution >= 0.6 is 0 Å². The van der Waals surface area contributed by atoms with Crippen molar-refractivity contribution in [3.05, 3.63) is 36.0 Å². The number of para-hydroxylation sites is 1. The lowest BCUT2D eigenvalue weighted by Gasteiger charge is -2.32. The monoisotopic (exact) mass is 417 g/mol. The molecule has 0 saturated carbocycles. The van der Waals surface area contributed by atoms with Crippen molar-refractivity contribution >= 4 is 28.5 Å². The molecule has 0 unspecified atom stereocenters. The quantitative estimate of drug-likeness (QED) is 0.256. The molecule has 0 saturated heterocycles. The Morgan fingerprint density at radius 3 is 2.30 bits per heavy atom. The van der Waals surface area contributed by atoms with Crippen LogP contribution in [-0.4, -0.2) is 45.0 Å². The van der Waals surface area contributed by atoms with Gasteiger partial charge in [-0.15, -0.1) is 0 Å². The number of fused-ring (bicyclic) bond motifs is 1. The highest BCUT2D eigenvalue weighted by Crippen LogP contribution is 2.27. The molecule has 0 aliphatic carbocycles. The van der Waals surface area contributed by atoms with Crippen molar-refractivity contribution in [1.82, 2.24) is 15.8 Å². The zero-order chi connectivity index (χ0) is 22.6. The van der Waals surface area contributed by atoms with Crippen molar-refractivity contribution in [3.63, 3.8) is 0 Å². The van der Waals surface area contributed by atoms with E-state index >= 15 is 0 Å². The molecule has 0 aliphatic heterocycles. The normalized spacial score (nSPS) is 14.9. The van der Waals surface area contributed by atoms with Crippen LogP contribution in [0.15, 0.2) is 30.5 Å². The predicted molar refractivity (Wildman–Crippen MR) is 113 cm³/mol. The maximum Gasteiger partial charge on any atom is 0.272 e. The molecule has 0 bridgehead atoms. The molecule has 0 aliphatic rings. The van der Waals surface area contributed by atoms with E-state index < -0.39 is 35.3 Å². The number of ketones is 1. The molecule has 1 heterocycles. The van der Waals surface area contributed by atoms with Crippen LogP contribution in [0.4, 0.5) is 0 Å². The molecule has 8 heteroatoms. The molecule has 1 aromatic heterocycles. The van der Waals surface area contributed by atoms with Gasteiger partial charge in [0.25, 0.3) is 5.91 Å². The zero-order valence-corrected chi connectivity index (χ0v) is 18.0. The Morgan fingerprint density at radius 2 is 1.73 bits per heavy atom. The molecule has 0 spiro atoms. The molecule has 2 aromatic rings. The first-order valence-electron chi connectivity index (χ1n) is 10.00. The van der Waals surface area contributed by atoms with Gasteiger partial charge in [-0.3, -0.25) is 19.6 Å². The summed E-state index contributed by atoms with van der Waals surface area (Å²) in [5.74, 6) is -3.06. The van der Waals surface area contributed by atoms with Gasteiger partial charge in [0, 0.05) is 22.7 Å². The van der Waals surface area contributed by atoms with Crippen LogP contribution in [0.2, 0.25) is 0 Å². The number of H-pyrrole nitrogens is 1. The molecule has 8 nitrogen and oxygen atoms in total. The zero-order valence-electron chi connectivity index (χ0n) is 18.0. The number of hydrogen-bond donors (Lipinski definition) is 5. The van der Waals surface area contributed by atoms with E-state index in [0.717, 1.165) is 10.9 Å². The minimum atomic E-state index is -1.73. The molecule has 3 atom stereocenters. The van der Waals surface area contributed by atoms with Gasteiger partial charge in [-0.25, -0.2) is 5.48 Å². The van der Waals surface area contributed by atoms with Crippen LogP contribution in [0.25, 0.3) is 10.9 Å². The molecule has 0 fully saturated rings. The molecule has 2 amide bonds. The van der Waals surface area contributed by atoms with E-state index in [9.17, 15) is 19.5 Å².